The molecule has 0 saturated carbocycles. The first-order chi connectivity index (χ1) is 9.98. The number of rotatable bonds is 7. The van der Waals surface area contributed by atoms with Gasteiger partial charge < -0.3 is 5.11 Å². The van der Waals surface area contributed by atoms with Crippen molar-refractivity contribution >= 4 is 33.0 Å². The SMILES string of the molecule is O=S(=O)(Cc1ccccc1Cl)NCCC(O)c1ccsc1. The highest BCUT2D eigenvalue weighted by Crippen LogP contribution is 2.19. The summed E-state index contributed by atoms with van der Waals surface area (Å²) in [5, 5.41) is 14.0. The molecule has 2 N–H and O–H groups in total. The molecule has 7 heteroatoms. The average molecular weight is 346 g/mol. The molecular weight excluding hydrogens is 330 g/mol. The van der Waals surface area contributed by atoms with Crippen LogP contribution in [-0.2, 0) is 15.8 Å². The summed E-state index contributed by atoms with van der Waals surface area (Å²) in [4.78, 5) is 0. The van der Waals surface area contributed by atoms with E-state index in [1.165, 1.54) is 11.3 Å². The number of benzene rings is 1. The van der Waals surface area contributed by atoms with E-state index in [1.54, 1.807) is 24.3 Å². The predicted octanol–water partition coefficient (Wildman–Crippen LogP) is 2.94. The maximum Gasteiger partial charge on any atom is 0.215 e. The molecule has 0 bridgehead atoms. The van der Waals surface area contributed by atoms with Crippen LogP contribution in [0.2, 0.25) is 5.02 Å². The monoisotopic (exact) mass is 345 g/mol. The highest BCUT2D eigenvalue weighted by Gasteiger charge is 2.14. The van der Waals surface area contributed by atoms with E-state index in [9.17, 15) is 13.5 Å². The van der Waals surface area contributed by atoms with Crippen LogP contribution < -0.4 is 4.72 Å². The zero-order valence-electron chi connectivity index (χ0n) is 11.2. The molecule has 2 aromatic rings. The van der Waals surface area contributed by atoms with E-state index in [0.29, 0.717) is 17.0 Å². The first-order valence-electron chi connectivity index (χ1n) is 6.39. The number of nitrogens with one attached hydrogen (secondary N) is 1. The topological polar surface area (TPSA) is 66.4 Å². The lowest BCUT2D eigenvalue weighted by molar-refractivity contribution is 0.169. The molecule has 21 heavy (non-hydrogen) atoms. The van der Waals surface area contributed by atoms with E-state index >= 15 is 0 Å². The fourth-order valence-electron chi connectivity index (χ4n) is 1.85. The molecule has 1 aromatic heterocycles. The Hall–Kier alpha value is -0.920. The average Bonchev–Trinajstić information content (AvgIpc) is 2.95. The normalized spacial score (nSPS) is 13.2. The summed E-state index contributed by atoms with van der Waals surface area (Å²) in [5.41, 5.74) is 1.37. The third-order valence-electron chi connectivity index (χ3n) is 2.97. The van der Waals surface area contributed by atoms with Crippen LogP contribution in [0.25, 0.3) is 0 Å². The molecule has 0 spiro atoms. The highest BCUT2D eigenvalue weighted by molar-refractivity contribution is 7.88. The van der Waals surface area contributed by atoms with Crippen molar-refractivity contribution in [2.24, 2.45) is 0 Å². The van der Waals surface area contributed by atoms with Gasteiger partial charge >= 0.3 is 0 Å². The molecule has 0 aliphatic carbocycles. The fourth-order valence-corrected chi connectivity index (χ4v) is 4.03. The standard InChI is InChI=1S/C14H16ClNO3S2/c15-13-4-2-1-3-12(13)10-21(18,19)16-7-5-14(17)11-6-8-20-9-11/h1-4,6,8-9,14,16-17H,5,7,10H2. The maximum atomic E-state index is 12.0. The van der Waals surface area contributed by atoms with Crippen LogP contribution in [0.3, 0.4) is 0 Å². The van der Waals surface area contributed by atoms with Gasteiger partial charge in [-0.3, -0.25) is 0 Å². The Morgan fingerprint density at radius 2 is 2.05 bits per heavy atom. The third-order valence-corrected chi connectivity index (χ3v) is 5.38. The number of hydrogen-bond donors (Lipinski definition) is 2. The molecule has 0 aliphatic rings. The van der Waals surface area contributed by atoms with Gasteiger partial charge in [-0.05, 0) is 40.4 Å². The second-order valence-corrected chi connectivity index (χ2v) is 7.60. The van der Waals surface area contributed by atoms with Gasteiger partial charge in [-0.2, -0.15) is 11.3 Å². The van der Waals surface area contributed by atoms with Crippen molar-refractivity contribution in [2.45, 2.75) is 18.3 Å². The van der Waals surface area contributed by atoms with Crippen molar-refractivity contribution in [3.8, 4) is 0 Å². The van der Waals surface area contributed by atoms with Gasteiger partial charge in [0.1, 0.15) is 0 Å². The summed E-state index contributed by atoms with van der Waals surface area (Å²) in [5.74, 6) is -0.165. The smallest absolute Gasteiger partial charge is 0.215 e. The molecule has 2 rings (SSSR count). The van der Waals surface area contributed by atoms with Crippen LogP contribution in [0.1, 0.15) is 23.7 Å². The summed E-state index contributed by atoms with van der Waals surface area (Å²) in [6.45, 7) is 0.184. The van der Waals surface area contributed by atoms with Gasteiger partial charge in [0.25, 0.3) is 0 Å². The Labute approximate surface area is 133 Å². The number of hydrogen-bond acceptors (Lipinski definition) is 4. The predicted molar refractivity (Wildman–Crippen MR) is 86.0 cm³/mol. The fraction of sp³-hybridized carbons (Fsp3) is 0.286. The Balaban J connectivity index is 1.86. The molecule has 0 amide bonds. The molecule has 0 saturated heterocycles. The summed E-state index contributed by atoms with van der Waals surface area (Å²) >= 11 is 7.45. The van der Waals surface area contributed by atoms with E-state index in [2.05, 4.69) is 4.72 Å². The van der Waals surface area contributed by atoms with E-state index in [0.717, 1.165) is 5.56 Å². The lowest BCUT2D eigenvalue weighted by Gasteiger charge is -2.11. The Kier molecular flexibility index (Phi) is 5.78. The minimum absolute atomic E-state index is 0.165. The van der Waals surface area contributed by atoms with Crippen molar-refractivity contribution in [3.63, 3.8) is 0 Å². The molecule has 4 nitrogen and oxygen atoms in total. The second kappa shape index (κ2) is 7.38. The maximum absolute atomic E-state index is 12.0. The number of sulfonamides is 1. The number of aliphatic hydroxyl groups is 1. The summed E-state index contributed by atoms with van der Waals surface area (Å²) in [7, 11) is -3.46. The van der Waals surface area contributed by atoms with E-state index in [4.69, 9.17) is 11.6 Å². The molecule has 1 unspecified atom stereocenters. The number of halogens is 1. The van der Waals surface area contributed by atoms with E-state index in [1.807, 2.05) is 16.8 Å². The molecule has 1 heterocycles. The van der Waals surface area contributed by atoms with Crippen LogP contribution in [0.4, 0.5) is 0 Å². The molecule has 0 aliphatic heterocycles. The lowest BCUT2D eigenvalue weighted by Crippen LogP contribution is -2.27. The summed E-state index contributed by atoms with van der Waals surface area (Å²) < 4.78 is 26.4. The first-order valence-corrected chi connectivity index (χ1v) is 9.36. The van der Waals surface area contributed by atoms with Crippen LogP contribution in [0.5, 0.6) is 0 Å². The van der Waals surface area contributed by atoms with Crippen molar-refractivity contribution < 1.29 is 13.5 Å². The minimum atomic E-state index is -3.46. The molecule has 1 aromatic carbocycles. The van der Waals surface area contributed by atoms with E-state index in [-0.39, 0.29) is 12.3 Å². The Bertz CT molecular complexity index is 671. The van der Waals surface area contributed by atoms with Gasteiger partial charge in [0, 0.05) is 11.6 Å². The van der Waals surface area contributed by atoms with E-state index < -0.39 is 16.1 Å². The summed E-state index contributed by atoms with van der Waals surface area (Å²) in [6.07, 6.45) is -0.322. The lowest BCUT2D eigenvalue weighted by atomic mass is 10.1. The van der Waals surface area contributed by atoms with Gasteiger partial charge in [-0.1, -0.05) is 29.8 Å². The Morgan fingerprint density at radius 1 is 1.29 bits per heavy atom. The zero-order chi connectivity index (χ0) is 15.3. The van der Waals surface area contributed by atoms with Gasteiger partial charge in [-0.15, -0.1) is 0 Å². The Morgan fingerprint density at radius 3 is 2.71 bits per heavy atom. The minimum Gasteiger partial charge on any atom is -0.388 e. The third kappa shape index (κ3) is 5.09. The molecular formula is C14H16ClNO3S2. The van der Waals surface area contributed by atoms with Crippen LogP contribution in [0, 0.1) is 0 Å². The number of thiophene rings is 1. The zero-order valence-corrected chi connectivity index (χ0v) is 13.6. The van der Waals surface area contributed by atoms with Crippen LogP contribution in [-0.4, -0.2) is 20.1 Å². The van der Waals surface area contributed by atoms with Crippen molar-refractivity contribution in [2.75, 3.05) is 6.54 Å². The largest absolute Gasteiger partial charge is 0.388 e. The second-order valence-electron chi connectivity index (χ2n) is 4.61. The van der Waals surface area contributed by atoms with Crippen LogP contribution >= 0.6 is 22.9 Å². The van der Waals surface area contributed by atoms with Crippen molar-refractivity contribution in [1.29, 1.82) is 0 Å². The van der Waals surface area contributed by atoms with Crippen molar-refractivity contribution in [1.82, 2.24) is 4.72 Å². The van der Waals surface area contributed by atoms with Crippen LogP contribution in [0.15, 0.2) is 41.1 Å². The molecule has 0 radical (unpaired) electrons. The molecule has 1 atom stereocenters. The molecule has 0 fully saturated rings. The summed E-state index contributed by atoms with van der Waals surface area (Å²) in [6, 6.07) is 8.67. The quantitative estimate of drug-likeness (QED) is 0.810. The number of aliphatic hydroxyl groups excluding tert-OH is 1. The highest BCUT2D eigenvalue weighted by atomic mass is 35.5. The molecule has 114 valence electrons. The van der Waals surface area contributed by atoms with Gasteiger partial charge in [0.15, 0.2) is 0 Å². The van der Waals surface area contributed by atoms with Gasteiger partial charge in [-0.25, -0.2) is 13.1 Å². The van der Waals surface area contributed by atoms with Crippen molar-refractivity contribution in [3.05, 3.63) is 57.2 Å². The van der Waals surface area contributed by atoms with Gasteiger partial charge in [0.05, 0.1) is 11.9 Å². The van der Waals surface area contributed by atoms with Gasteiger partial charge in [0.2, 0.25) is 10.0 Å². The first kappa shape index (κ1) is 16.5.